The molecule has 1 unspecified atom stereocenters. The fraction of sp³-hybridized carbons (Fsp3) is 0.588. The van der Waals surface area contributed by atoms with Crippen molar-refractivity contribution in [3.05, 3.63) is 29.8 Å². The number of benzene rings is 1. The first kappa shape index (κ1) is 18.9. The first-order valence-electron chi connectivity index (χ1n) is 8.41. The Kier molecular flexibility index (Phi) is 6.77. The van der Waals surface area contributed by atoms with E-state index in [2.05, 4.69) is 11.6 Å². The molecule has 7 heteroatoms. The Morgan fingerprint density at radius 3 is 2.88 bits per heavy atom. The van der Waals surface area contributed by atoms with E-state index in [4.69, 9.17) is 4.74 Å². The van der Waals surface area contributed by atoms with Crippen LogP contribution in [-0.4, -0.2) is 52.1 Å². The van der Waals surface area contributed by atoms with Gasteiger partial charge in [-0.05, 0) is 37.5 Å². The van der Waals surface area contributed by atoms with Crippen molar-refractivity contribution in [2.45, 2.75) is 43.6 Å². The predicted molar refractivity (Wildman–Crippen MR) is 92.5 cm³/mol. The summed E-state index contributed by atoms with van der Waals surface area (Å²) in [4.78, 5) is 14.1. The molecule has 1 N–H and O–H groups in total. The quantitative estimate of drug-likeness (QED) is 0.775. The lowest BCUT2D eigenvalue weighted by Gasteiger charge is -2.17. The molecule has 0 spiro atoms. The molecule has 0 radical (unpaired) electrons. The van der Waals surface area contributed by atoms with Crippen LogP contribution in [-0.2, 0) is 14.8 Å². The minimum atomic E-state index is -3.65. The van der Waals surface area contributed by atoms with Gasteiger partial charge in [0.25, 0.3) is 5.91 Å². The third kappa shape index (κ3) is 5.03. The van der Waals surface area contributed by atoms with Gasteiger partial charge in [0.05, 0.1) is 11.0 Å². The second kappa shape index (κ2) is 8.60. The van der Waals surface area contributed by atoms with Gasteiger partial charge in [0, 0.05) is 32.3 Å². The Balaban J connectivity index is 2.06. The van der Waals surface area contributed by atoms with Gasteiger partial charge in [0.1, 0.15) is 0 Å². The first-order valence-corrected chi connectivity index (χ1v) is 9.89. The van der Waals surface area contributed by atoms with Crippen LogP contribution in [0.25, 0.3) is 0 Å². The van der Waals surface area contributed by atoms with Crippen LogP contribution >= 0.6 is 0 Å². The van der Waals surface area contributed by atoms with Crippen molar-refractivity contribution in [3.8, 4) is 0 Å². The van der Waals surface area contributed by atoms with Gasteiger partial charge in [-0.2, -0.15) is 0 Å². The lowest BCUT2D eigenvalue weighted by atomic mass is 10.2. The lowest BCUT2D eigenvalue weighted by molar-refractivity contribution is 0.0793. The fourth-order valence-electron chi connectivity index (χ4n) is 2.60. The molecule has 0 aliphatic carbocycles. The number of ether oxygens (including phenoxy) is 1. The summed E-state index contributed by atoms with van der Waals surface area (Å²) in [5.41, 5.74) is 0.383. The molecule has 0 bridgehead atoms. The first-order chi connectivity index (χ1) is 11.4. The van der Waals surface area contributed by atoms with Crippen LogP contribution in [0.15, 0.2) is 29.2 Å². The second-order valence-corrected chi connectivity index (χ2v) is 7.86. The van der Waals surface area contributed by atoms with Crippen LogP contribution in [0.4, 0.5) is 0 Å². The molecule has 1 fully saturated rings. The van der Waals surface area contributed by atoms with Gasteiger partial charge in [-0.25, -0.2) is 13.1 Å². The highest BCUT2D eigenvalue weighted by molar-refractivity contribution is 7.89. The van der Waals surface area contributed by atoms with Crippen LogP contribution in [0.5, 0.6) is 0 Å². The summed E-state index contributed by atoms with van der Waals surface area (Å²) >= 11 is 0. The Morgan fingerprint density at radius 1 is 1.42 bits per heavy atom. The van der Waals surface area contributed by atoms with E-state index in [9.17, 15) is 13.2 Å². The maximum absolute atomic E-state index is 12.4. The number of rotatable bonds is 8. The number of nitrogens with one attached hydrogen (secondary N) is 1. The zero-order chi connectivity index (χ0) is 17.6. The molecule has 0 aromatic heterocycles. The van der Waals surface area contributed by atoms with Gasteiger partial charge in [-0.15, -0.1) is 0 Å². The van der Waals surface area contributed by atoms with Gasteiger partial charge >= 0.3 is 0 Å². The molecule has 1 aliphatic rings. The Labute approximate surface area is 144 Å². The maximum Gasteiger partial charge on any atom is 0.253 e. The van der Waals surface area contributed by atoms with Gasteiger partial charge in [0.15, 0.2) is 0 Å². The zero-order valence-electron chi connectivity index (χ0n) is 14.3. The van der Waals surface area contributed by atoms with Crippen LogP contribution in [0, 0.1) is 0 Å². The van der Waals surface area contributed by atoms with E-state index in [1.807, 2.05) is 0 Å². The smallest absolute Gasteiger partial charge is 0.253 e. The third-order valence-corrected chi connectivity index (χ3v) is 5.53. The van der Waals surface area contributed by atoms with Crippen LogP contribution in [0.1, 0.15) is 43.0 Å². The van der Waals surface area contributed by atoms with Crippen LogP contribution in [0.3, 0.4) is 0 Å². The minimum Gasteiger partial charge on any atom is -0.377 e. The molecule has 1 heterocycles. The molecule has 24 heavy (non-hydrogen) atoms. The van der Waals surface area contributed by atoms with Gasteiger partial charge in [-0.3, -0.25) is 4.79 Å². The highest BCUT2D eigenvalue weighted by Gasteiger charge is 2.21. The van der Waals surface area contributed by atoms with E-state index < -0.39 is 10.0 Å². The van der Waals surface area contributed by atoms with E-state index in [-0.39, 0.29) is 23.5 Å². The molecule has 2 rings (SSSR count). The van der Waals surface area contributed by atoms with Crippen molar-refractivity contribution >= 4 is 15.9 Å². The van der Waals surface area contributed by atoms with Gasteiger partial charge in [-0.1, -0.05) is 19.4 Å². The molecular weight excluding hydrogens is 328 g/mol. The van der Waals surface area contributed by atoms with Crippen molar-refractivity contribution in [1.29, 1.82) is 0 Å². The van der Waals surface area contributed by atoms with Crippen molar-refractivity contribution in [2.75, 3.05) is 26.7 Å². The molecule has 1 saturated heterocycles. The standard InChI is InChI=1S/C17H26N2O4S/c1-3-4-10-19(2)17(20)14-7-5-9-16(12-14)24(21,22)18-13-15-8-6-11-23-15/h5,7,9,12,15,18H,3-4,6,8,10-11,13H2,1-2H3. The summed E-state index contributed by atoms with van der Waals surface area (Å²) in [7, 11) is -1.92. The van der Waals surface area contributed by atoms with Crippen molar-refractivity contribution < 1.29 is 17.9 Å². The summed E-state index contributed by atoms with van der Waals surface area (Å²) in [6.07, 6.45) is 3.68. The molecule has 134 valence electrons. The Morgan fingerprint density at radius 2 is 2.21 bits per heavy atom. The monoisotopic (exact) mass is 354 g/mol. The molecular formula is C17H26N2O4S. The normalized spacial score (nSPS) is 17.8. The summed E-state index contributed by atoms with van der Waals surface area (Å²) in [6, 6.07) is 6.18. The molecule has 0 saturated carbocycles. The average Bonchev–Trinajstić information content (AvgIpc) is 3.11. The van der Waals surface area contributed by atoms with E-state index in [1.165, 1.54) is 12.1 Å². The predicted octanol–water partition coefficient (Wildman–Crippen LogP) is 2.02. The topological polar surface area (TPSA) is 75.7 Å². The van der Waals surface area contributed by atoms with E-state index in [0.717, 1.165) is 25.7 Å². The third-order valence-electron chi connectivity index (χ3n) is 4.11. The number of carbonyl (C=O) groups is 1. The number of sulfonamides is 1. The van der Waals surface area contributed by atoms with E-state index in [1.54, 1.807) is 24.1 Å². The number of nitrogens with zero attached hydrogens (tertiary/aromatic N) is 1. The summed E-state index contributed by atoms with van der Waals surface area (Å²) in [5, 5.41) is 0. The number of hydrogen-bond acceptors (Lipinski definition) is 4. The molecule has 6 nitrogen and oxygen atoms in total. The highest BCUT2D eigenvalue weighted by Crippen LogP contribution is 2.15. The fourth-order valence-corrected chi connectivity index (χ4v) is 3.72. The molecule has 1 aromatic rings. The zero-order valence-corrected chi connectivity index (χ0v) is 15.1. The van der Waals surface area contributed by atoms with Crippen molar-refractivity contribution in [1.82, 2.24) is 9.62 Å². The molecule has 1 atom stereocenters. The van der Waals surface area contributed by atoms with Gasteiger partial charge in [0.2, 0.25) is 10.0 Å². The second-order valence-electron chi connectivity index (χ2n) is 6.10. The largest absolute Gasteiger partial charge is 0.377 e. The van der Waals surface area contributed by atoms with Gasteiger partial charge < -0.3 is 9.64 Å². The minimum absolute atomic E-state index is 0.0650. The SMILES string of the molecule is CCCCN(C)C(=O)c1cccc(S(=O)(=O)NCC2CCCO2)c1. The number of hydrogen-bond donors (Lipinski definition) is 1. The van der Waals surface area contributed by atoms with Crippen LogP contribution in [0.2, 0.25) is 0 Å². The number of carbonyl (C=O) groups excluding carboxylic acids is 1. The maximum atomic E-state index is 12.4. The average molecular weight is 354 g/mol. The van der Waals surface area contributed by atoms with Crippen molar-refractivity contribution in [2.24, 2.45) is 0 Å². The van der Waals surface area contributed by atoms with Crippen LogP contribution < -0.4 is 4.72 Å². The Bertz CT molecular complexity index is 654. The Hall–Kier alpha value is -1.44. The number of unbranched alkanes of at least 4 members (excludes halogenated alkanes) is 1. The summed E-state index contributed by atoms with van der Waals surface area (Å²) in [5.74, 6) is -0.167. The van der Waals surface area contributed by atoms with E-state index >= 15 is 0 Å². The molecule has 1 aliphatic heterocycles. The molecule has 1 amide bonds. The summed E-state index contributed by atoms with van der Waals surface area (Å²) in [6.45, 7) is 3.66. The van der Waals surface area contributed by atoms with E-state index in [0.29, 0.717) is 18.7 Å². The number of amides is 1. The van der Waals surface area contributed by atoms with Crippen molar-refractivity contribution in [3.63, 3.8) is 0 Å². The summed E-state index contributed by atoms with van der Waals surface area (Å²) < 4.78 is 32.8. The lowest BCUT2D eigenvalue weighted by Crippen LogP contribution is -2.32. The molecule has 1 aromatic carbocycles. The highest BCUT2D eigenvalue weighted by atomic mass is 32.2.